The van der Waals surface area contributed by atoms with Crippen LogP contribution in [0.1, 0.15) is 19.3 Å². The molecule has 4 nitrogen and oxygen atoms in total. The van der Waals surface area contributed by atoms with Crippen molar-refractivity contribution in [2.45, 2.75) is 19.3 Å². The molecule has 0 unspecified atom stereocenters. The van der Waals surface area contributed by atoms with Crippen LogP contribution in [0.3, 0.4) is 0 Å². The SMILES string of the molecule is O=C(O)C1(C(=O)Nc2cc(F)ccc2F)CCC1. The predicted octanol–water partition coefficient (Wildman–Crippen LogP) is 2.16. The van der Waals surface area contributed by atoms with Gasteiger partial charge in [0.2, 0.25) is 5.91 Å². The maximum absolute atomic E-state index is 13.3. The summed E-state index contributed by atoms with van der Waals surface area (Å²) in [7, 11) is 0. The van der Waals surface area contributed by atoms with E-state index in [1.807, 2.05) is 0 Å². The molecule has 1 amide bonds. The molecule has 0 heterocycles. The van der Waals surface area contributed by atoms with Crippen molar-refractivity contribution in [2.24, 2.45) is 5.41 Å². The molecule has 1 aromatic carbocycles. The smallest absolute Gasteiger partial charge is 0.319 e. The Balaban J connectivity index is 2.21. The molecule has 2 rings (SSSR count). The van der Waals surface area contributed by atoms with E-state index in [0.717, 1.165) is 18.2 Å². The topological polar surface area (TPSA) is 66.4 Å². The van der Waals surface area contributed by atoms with Gasteiger partial charge in [0.1, 0.15) is 17.0 Å². The first-order chi connectivity index (χ1) is 8.45. The van der Waals surface area contributed by atoms with Crippen molar-refractivity contribution >= 4 is 17.6 Å². The van der Waals surface area contributed by atoms with Gasteiger partial charge < -0.3 is 10.4 Å². The zero-order chi connectivity index (χ0) is 13.3. The van der Waals surface area contributed by atoms with Gasteiger partial charge in [-0.05, 0) is 25.0 Å². The summed E-state index contributed by atoms with van der Waals surface area (Å²) < 4.78 is 26.2. The Kier molecular flexibility index (Phi) is 3.02. The lowest BCUT2D eigenvalue weighted by molar-refractivity contribution is -0.159. The number of nitrogens with one attached hydrogen (secondary N) is 1. The van der Waals surface area contributed by atoms with E-state index in [0.29, 0.717) is 6.42 Å². The van der Waals surface area contributed by atoms with Crippen LogP contribution in [0.15, 0.2) is 18.2 Å². The average Bonchev–Trinajstić information content (AvgIpc) is 2.21. The van der Waals surface area contributed by atoms with Crippen LogP contribution in [0.25, 0.3) is 0 Å². The molecule has 2 N–H and O–H groups in total. The largest absolute Gasteiger partial charge is 0.480 e. The second kappa shape index (κ2) is 4.36. The molecular formula is C12H11F2NO3. The number of aliphatic carboxylic acids is 1. The first-order valence-electron chi connectivity index (χ1n) is 5.45. The van der Waals surface area contributed by atoms with Gasteiger partial charge in [-0.1, -0.05) is 6.42 Å². The first-order valence-corrected chi connectivity index (χ1v) is 5.45. The lowest BCUT2D eigenvalue weighted by atomic mass is 9.68. The number of hydrogen-bond acceptors (Lipinski definition) is 2. The molecule has 0 atom stereocenters. The Hall–Kier alpha value is -1.98. The minimum Gasteiger partial charge on any atom is -0.480 e. The molecule has 1 aliphatic carbocycles. The van der Waals surface area contributed by atoms with Gasteiger partial charge in [-0.25, -0.2) is 8.78 Å². The highest BCUT2D eigenvalue weighted by Crippen LogP contribution is 2.42. The number of carbonyl (C=O) groups excluding carboxylic acids is 1. The molecule has 1 aliphatic rings. The zero-order valence-electron chi connectivity index (χ0n) is 9.37. The molecule has 0 radical (unpaired) electrons. The number of anilines is 1. The molecule has 1 aromatic rings. The molecule has 0 saturated heterocycles. The fourth-order valence-electron chi connectivity index (χ4n) is 1.90. The van der Waals surface area contributed by atoms with Crippen LogP contribution in [-0.4, -0.2) is 17.0 Å². The molecule has 0 aromatic heterocycles. The highest BCUT2D eigenvalue weighted by Gasteiger charge is 2.51. The van der Waals surface area contributed by atoms with Crippen molar-refractivity contribution in [3.8, 4) is 0 Å². The quantitative estimate of drug-likeness (QED) is 0.813. The molecule has 1 fully saturated rings. The summed E-state index contributed by atoms with van der Waals surface area (Å²) in [6.45, 7) is 0. The summed E-state index contributed by atoms with van der Waals surface area (Å²) in [4.78, 5) is 22.9. The first kappa shape index (κ1) is 12.5. The lowest BCUT2D eigenvalue weighted by Crippen LogP contribution is -2.48. The summed E-state index contributed by atoms with van der Waals surface area (Å²) in [6, 6.07) is 2.61. The maximum Gasteiger partial charge on any atom is 0.319 e. The van der Waals surface area contributed by atoms with Crippen LogP contribution < -0.4 is 5.32 Å². The van der Waals surface area contributed by atoms with E-state index in [9.17, 15) is 18.4 Å². The van der Waals surface area contributed by atoms with Crippen molar-refractivity contribution in [1.82, 2.24) is 0 Å². The van der Waals surface area contributed by atoms with Crippen LogP contribution >= 0.6 is 0 Å². The summed E-state index contributed by atoms with van der Waals surface area (Å²) >= 11 is 0. The maximum atomic E-state index is 13.3. The Morgan fingerprint density at radius 3 is 2.44 bits per heavy atom. The summed E-state index contributed by atoms with van der Waals surface area (Å²) in [5.41, 5.74) is -1.84. The molecular weight excluding hydrogens is 244 g/mol. The molecule has 1 saturated carbocycles. The number of carboxylic acid groups (broad SMARTS) is 1. The number of amides is 1. The summed E-state index contributed by atoms with van der Waals surface area (Å²) in [5.74, 6) is -3.54. The highest BCUT2D eigenvalue weighted by atomic mass is 19.1. The van der Waals surface area contributed by atoms with Crippen molar-refractivity contribution in [3.05, 3.63) is 29.8 Å². The minimum atomic E-state index is -1.50. The van der Waals surface area contributed by atoms with Crippen molar-refractivity contribution in [2.75, 3.05) is 5.32 Å². The fourth-order valence-corrected chi connectivity index (χ4v) is 1.90. The second-order valence-corrected chi connectivity index (χ2v) is 4.32. The van der Waals surface area contributed by atoms with E-state index in [4.69, 9.17) is 5.11 Å². The second-order valence-electron chi connectivity index (χ2n) is 4.32. The standard InChI is InChI=1S/C12H11F2NO3/c13-7-2-3-8(14)9(6-7)15-10(16)12(11(17)18)4-1-5-12/h2-3,6H,1,4-5H2,(H,15,16)(H,17,18). The van der Waals surface area contributed by atoms with Gasteiger partial charge in [0.05, 0.1) is 5.69 Å². The summed E-state index contributed by atoms with van der Waals surface area (Å²) in [5, 5.41) is 11.2. The number of halogens is 2. The normalized spacial score (nSPS) is 16.8. The van der Waals surface area contributed by atoms with Crippen LogP contribution in [-0.2, 0) is 9.59 Å². The van der Waals surface area contributed by atoms with Crippen molar-refractivity contribution in [3.63, 3.8) is 0 Å². The van der Waals surface area contributed by atoms with E-state index in [-0.39, 0.29) is 18.5 Å². The lowest BCUT2D eigenvalue weighted by Gasteiger charge is -2.35. The number of benzene rings is 1. The number of carboxylic acids is 1. The van der Waals surface area contributed by atoms with Gasteiger partial charge in [-0.3, -0.25) is 9.59 Å². The predicted molar refractivity (Wildman–Crippen MR) is 58.9 cm³/mol. The van der Waals surface area contributed by atoms with Crippen LogP contribution in [0.2, 0.25) is 0 Å². The fraction of sp³-hybridized carbons (Fsp3) is 0.333. The average molecular weight is 255 g/mol. The highest BCUT2D eigenvalue weighted by molar-refractivity contribution is 6.09. The van der Waals surface area contributed by atoms with Crippen LogP contribution in [0.5, 0.6) is 0 Å². The molecule has 6 heteroatoms. The van der Waals surface area contributed by atoms with E-state index in [1.54, 1.807) is 0 Å². The van der Waals surface area contributed by atoms with E-state index in [1.165, 1.54) is 0 Å². The molecule has 0 spiro atoms. The Morgan fingerprint density at radius 1 is 1.28 bits per heavy atom. The Labute approximate surface area is 102 Å². The van der Waals surface area contributed by atoms with Crippen LogP contribution in [0.4, 0.5) is 14.5 Å². The zero-order valence-corrected chi connectivity index (χ0v) is 9.37. The summed E-state index contributed by atoms with van der Waals surface area (Å²) in [6.07, 6.45) is 1.06. The van der Waals surface area contributed by atoms with Crippen molar-refractivity contribution < 1.29 is 23.5 Å². The Bertz CT molecular complexity index is 512. The minimum absolute atomic E-state index is 0.213. The molecule has 0 bridgehead atoms. The van der Waals surface area contributed by atoms with Crippen LogP contribution in [0, 0.1) is 17.0 Å². The van der Waals surface area contributed by atoms with Gasteiger partial charge >= 0.3 is 5.97 Å². The van der Waals surface area contributed by atoms with Gasteiger partial charge in [0.25, 0.3) is 0 Å². The molecule has 0 aliphatic heterocycles. The Morgan fingerprint density at radius 2 is 1.94 bits per heavy atom. The number of hydrogen-bond donors (Lipinski definition) is 2. The molecule has 18 heavy (non-hydrogen) atoms. The van der Waals surface area contributed by atoms with E-state index >= 15 is 0 Å². The van der Waals surface area contributed by atoms with Gasteiger partial charge in [-0.2, -0.15) is 0 Å². The number of carbonyl (C=O) groups is 2. The molecule has 96 valence electrons. The third-order valence-electron chi connectivity index (χ3n) is 3.23. The van der Waals surface area contributed by atoms with Gasteiger partial charge in [0.15, 0.2) is 0 Å². The van der Waals surface area contributed by atoms with Gasteiger partial charge in [0, 0.05) is 6.07 Å². The number of rotatable bonds is 3. The van der Waals surface area contributed by atoms with Gasteiger partial charge in [-0.15, -0.1) is 0 Å². The third-order valence-corrected chi connectivity index (χ3v) is 3.23. The monoisotopic (exact) mass is 255 g/mol. The third kappa shape index (κ3) is 1.94. The van der Waals surface area contributed by atoms with E-state index < -0.39 is 28.9 Å². The van der Waals surface area contributed by atoms with E-state index in [2.05, 4.69) is 5.32 Å². The van der Waals surface area contributed by atoms with Crippen molar-refractivity contribution in [1.29, 1.82) is 0 Å².